The first-order chi connectivity index (χ1) is 8.02. The molecule has 2 fully saturated rings. The van der Waals surface area contributed by atoms with Crippen LogP contribution in [-0.4, -0.2) is 22.6 Å². The van der Waals surface area contributed by atoms with Gasteiger partial charge in [0.2, 0.25) is 0 Å². The van der Waals surface area contributed by atoms with Crippen LogP contribution < -0.4 is 16.4 Å². The predicted octanol–water partition coefficient (Wildman–Crippen LogP) is 1.68. The summed E-state index contributed by atoms with van der Waals surface area (Å²) < 4.78 is 0. The Morgan fingerprint density at radius 3 is 2.35 bits per heavy atom. The molecule has 0 radical (unpaired) electrons. The van der Waals surface area contributed by atoms with Gasteiger partial charge in [-0.25, -0.2) is 4.79 Å². The average Bonchev–Trinajstić information content (AvgIpc) is 3.05. The molecule has 4 N–H and O–H groups in total. The Hall–Kier alpha value is -0.840. The number of urea groups is 1. The third-order valence-corrected chi connectivity index (χ3v) is 4.26. The van der Waals surface area contributed by atoms with Crippen LogP contribution in [0, 0.1) is 5.92 Å². The molecule has 96 valence electrons. The third-order valence-electron chi connectivity index (χ3n) is 3.86. The topological polar surface area (TPSA) is 67.2 Å². The first-order valence-electron chi connectivity index (χ1n) is 6.40. The second-order valence-electron chi connectivity index (χ2n) is 5.50. The Kier molecular flexibility index (Phi) is 3.56. The van der Waals surface area contributed by atoms with E-state index >= 15 is 0 Å². The van der Waals surface area contributed by atoms with Crippen LogP contribution in [0.25, 0.3) is 0 Å². The number of hydrogen-bond acceptors (Lipinski definition) is 2. The van der Waals surface area contributed by atoms with Gasteiger partial charge in [-0.3, -0.25) is 0 Å². The molecule has 0 saturated heterocycles. The molecule has 0 heterocycles. The van der Waals surface area contributed by atoms with E-state index in [1.807, 2.05) is 0 Å². The smallest absolute Gasteiger partial charge is 0.315 e. The lowest BCUT2D eigenvalue weighted by molar-refractivity contribution is 0.216. The van der Waals surface area contributed by atoms with Gasteiger partial charge in [-0.15, -0.1) is 0 Å². The number of nitrogens with one attached hydrogen (secondary N) is 2. The fourth-order valence-corrected chi connectivity index (χ4v) is 2.61. The highest BCUT2D eigenvalue weighted by atomic mass is 32.1. The van der Waals surface area contributed by atoms with Crippen molar-refractivity contribution in [3.8, 4) is 0 Å². The predicted molar refractivity (Wildman–Crippen MR) is 71.8 cm³/mol. The van der Waals surface area contributed by atoms with E-state index < -0.39 is 5.54 Å². The quantitative estimate of drug-likeness (QED) is 0.672. The molecule has 0 atom stereocenters. The summed E-state index contributed by atoms with van der Waals surface area (Å²) in [5.41, 5.74) is 5.37. The summed E-state index contributed by atoms with van der Waals surface area (Å²) in [5, 5.41) is 5.93. The summed E-state index contributed by atoms with van der Waals surface area (Å²) in [7, 11) is 0. The van der Waals surface area contributed by atoms with Gasteiger partial charge >= 0.3 is 6.03 Å². The summed E-state index contributed by atoms with van der Waals surface area (Å²) in [4.78, 5) is 12.2. The fourth-order valence-electron chi connectivity index (χ4n) is 2.35. The van der Waals surface area contributed by atoms with E-state index in [2.05, 4.69) is 17.6 Å². The van der Waals surface area contributed by atoms with Gasteiger partial charge in [0.25, 0.3) is 0 Å². The number of hydrogen-bond donors (Lipinski definition) is 3. The first-order valence-corrected chi connectivity index (χ1v) is 6.81. The summed E-state index contributed by atoms with van der Waals surface area (Å²) >= 11 is 5.15. The Bertz CT molecular complexity index is 320. The summed E-state index contributed by atoms with van der Waals surface area (Å²) in [5.74, 6) is 0.700. The van der Waals surface area contributed by atoms with Gasteiger partial charge < -0.3 is 16.4 Å². The van der Waals surface area contributed by atoms with Crippen LogP contribution >= 0.6 is 12.2 Å². The second-order valence-corrected chi connectivity index (χ2v) is 5.94. The highest BCUT2D eigenvalue weighted by molar-refractivity contribution is 7.80. The van der Waals surface area contributed by atoms with E-state index in [0.29, 0.717) is 16.9 Å². The molecule has 0 aromatic heterocycles. The van der Waals surface area contributed by atoms with Gasteiger partial charge in [-0.05, 0) is 44.4 Å². The van der Waals surface area contributed by atoms with Crippen molar-refractivity contribution in [3.05, 3.63) is 0 Å². The highest BCUT2D eigenvalue weighted by Gasteiger charge is 2.39. The first kappa shape index (κ1) is 12.6. The van der Waals surface area contributed by atoms with Crippen LogP contribution in [0.1, 0.15) is 45.4 Å². The second kappa shape index (κ2) is 4.80. The minimum Gasteiger partial charge on any atom is -0.391 e. The Labute approximate surface area is 108 Å². The minimum atomic E-state index is -0.458. The van der Waals surface area contributed by atoms with Crippen molar-refractivity contribution in [2.24, 2.45) is 11.7 Å². The standard InChI is InChI=1S/C12H21N3OS/c1-8-4-6-12(7-5-8,10(13)17)15-11(16)14-9-2-3-9/h8-9H,2-7H2,1H3,(H2,13,17)(H2,14,15,16). The lowest BCUT2D eigenvalue weighted by Crippen LogP contribution is -2.60. The number of amides is 2. The Morgan fingerprint density at radius 2 is 1.88 bits per heavy atom. The molecule has 0 spiro atoms. The minimum absolute atomic E-state index is 0.116. The third kappa shape index (κ3) is 3.09. The van der Waals surface area contributed by atoms with Crippen molar-refractivity contribution in [1.82, 2.24) is 10.6 Å². The number of carbonyl (C=O) groups excluding carboxylic acids is 1. The zero-order chi connectivity index (χ0) is 12.5. The summed E-state index contributed by atoms with van der Waals surface area (Å²) in [6.45, 7) is 2.23. The molecule has 2 rings (SSSR count). The van der Waals surface area contributed by atoms with E-state index in [1.54, 1.807) is 0 Å². The fraction of sp³-hybridized carbons (Fsp3) is 0.833. The zero-order valence-corrected chi connectivity index (χ0v) is 11.1. The van der Waals surface area contributed by atoms with Crippen molar-refractivity contribution in [2.45, 2.75) is 57.0 Å². The zero-order valence-electron chi connectivity index (χ0n) is 10.3. The monoisotopic (exact) mass is 255 g/mol. The van der Waals surface area contributed by atoms with Crippen molar-refractivity contribution in [3.63, 3.8) is 0 Å². The van der Waals surface area contributed by atoms with Gasteiger partial charge in [0.15, 0.2) is 0 Å². The SMILES string of the molecule is CC1CCC(NC(=O)NC2CC2)(C(N)=S)CC1. The maximum absolute atomic E-state index is 11.8. The van der Waals surface area contributed by atoms with Crippen molar-refractivity contribution in [2.75, 3.05) is 0 Å². The maximum Gasteiger partial charge on any atom is 0.315 e. The van der Waals surface area contributed by atoms with E-state index in [1.165, 1.54) is 0 Å². The lowest BCUT2D eigenvalue weighted by Gasteiger charge is -2.39. The average molecular weight is 255 g/mol. The van der Waals surface area contributed by atoms with Gasteiger partial charge in [-0.1, -0.05) is 19.1 Å². The molecule has 17 heavy (non-hydrogen) atoms. The number of rotatable bonds is 3. The normalized spacial score (nSPS) is 32.9. The van der Waals surface area contributed by atoms with Crippen LogP contribution in [-0.2, 0) is 0 Å². The van der Waals surface area contributed by atoms with Crippen molar-refractivity contribution >= 4 is 23.2 Å². The van der Waals surface area contributed by atoms with Crippen LogP contribution in [0.2, 0.25) is 0 Å². The van der Waals surface area contributed by atoms with Gasteiger partial charge in [0.05, 0.1) is 10.5 Å². The van der Waals surface area contributed by atoms with Crippen molar-refractivity contribution < 1.29 is 4.79 Å². The highest BCUT2D eigenvalue weighted by Crippen LogP contribution is 2.32. The Balaban J connectivity index is 1.95. The summed E-state index contributed by atoms with van der Waals surface area (Å²) in [6, 6.07) is 0.246. The van der Waals surface area contributed by atoms with Crippen LogP contribution in [0.4, 0.5) is 4.79 Å². The van der Waals surface area contributed by atoms with Crippen LogP contribution in [0.15, 0.2) is 0 Å². The molecule has 0 aliphatic heterocycles. The lowest BCUT2D eigenvalue weighted by atomic mass is 9.77. The molecule has 2 aliphatic rings. The molecular weight excluding hydrogens is 234 g/mol. The molecule has 2 saturated carbocycles. The largest absolute Gasteiger partial charge is 0.391 e. The van der Waals surface area contributed by atoms with E-state index in [9.17, 15) is 4.79 Å². The van der Waals surface area contributed by atoms with Crippen LogP contribution in [0.5, 0.6) is 0 Å². The van der Waals surface area contributed by atoms with Gasteiger partial charge in [-0.2, -0.15) is 0 Å². The van der Waals surface area contributed by atoms with Crippen molar-refractivity contribution in [1.29, 1.82) is 0 Å². The van der Waals surface area contributed by atoms with E-state index in [0.717, 1.165) is 38.5 Å². The molecule has 2 aliphatic carbocycles. The molecule has 5 heteroatoms. The van der Waals surface area contributed by atoms with Crippen LogP contribution in [0.3, 0.4) is 0 Å². The van der Waals surface area contributed by atoms with E-state index in [4.69, 9.17) is 18.0 Å². The van der Waals surface area contributed by atoms with Gasteiger partial charge in [0, 0.05) is 6.04 Å². The molecule has 0 bridgehead atoms. The number of carbonyl (C=O) groups is 1. The molecule has 0 unspecified atom stereocenters. The van der Waals surface area contributed by atoms with E-state index in [-0.39, 0.29) is 6.03 Å². The molecule has 2 amide bonds. The molecule has 0 aromatic rings. The number of nitrogens with two attached hydrogens (primary N) is 1. The summed E-state index contributed by atoms with van der Waals surface area (Å²) in [6.07, 6.45) is 6.04. The van der Waals surface area contributed by atoms with Gasteiger partial charge in [0.1, 0.15) is 0 Å². The molecule has 0 aromatic carbocycles. The number of thiocarbonyl (C=S) groups is 1. The maximum atomic E-state index is 11.8. The molecular formula is C12H21N3OS. The Morgan fingerprint density at radius 1 is 1.29 bits per heavy atom. The molecule has 4 nitrogen and oxygen atoms in total.